The fourth-order valence-electron chi connectivity index (χ4n) is 4.49. The van der Waals surface area contributed by atoms with E-state index in [-0.39, 0.29) is 11.6 Å². The summed E-state index contributed by atoms with van der Waals surface area (Å²) in [5, 5.41) is 10.5. The van der Waals surface area contributed by atoms with Gasteiger partial charge in [0.2, 0.25) is 5.91 Å². The van der Waals surface area contributed by atoms with E-state index in [1.54, 1.807) is 55.7 Å². The van der Waals surface area contributed by atoms with Crippen molar-refractivity contribution in [1.82, 2.24) is 10.3 Å². The SMILES string of the molecule is CCOc1ccccc1/C=C(\NC(=O)c1ccccc1)C(=O)Nc1ccc(SC(C)C(=O)Nc2nc(-c3ccc(OC)cc3)cs2)cc1. The Morgan fingerprint density at radius 1 is 0.896 bits per heavy atom. The van der Waals surface area contributed by atoms with E-state index in [1.807, 2.05) is 79.9 Å². The number of amides is 3. The van der Waals surface area contributed by atoms with Gasteiger partial charge in [-0.25, -0.2) is 4.98 Å². The molecule has 1 atom stereocenters. The van der Waals surface area contributed by atoms with Crippen LogP contribution >= 0.6 is 23.1 Å². The maximum atomic E-state index is 13.5. The molecule has 9 nitrogen and oxygen atoms in total. The molecule has 0 aliphatic rings. The minimum atomic E-state index is -0.504. The van der Waals surface area contributed by atoms with Crippen LogP contribution in [0.1, 0.15) is 29.8 Å². The molecular weight excluding hydrogens is 645 g/mol. The molecule has 0 bridgehead atoms. The minimum Gasteiger partial charge on any atom is -0.497 e. The van der Waals surface area contributed by atoms with Crippen molar-refractivity contribution in [3.63, 3.8) is 0 Å². The maximum Gasteiger partial charge on any atom is 0.272 e. The number of thiazole rings is 1. The van der Waals surface area contributed by atoms with Crippen molar-refractivity contribution in [2.45, 2.75) is 24.0 Å². The largest absolute Gasteiger partial charge is 0.497 e. The number of ether oxygens (including phenoxy) is 2. The van der Waals surface area contributed by atoms with Crippen molar-refractivity contribution in [1.29, 1.82) is 0 Å². The number of carbonyl (C=O) groups excluding carboxylic acids is 3. The molecule has 3 amide bonds. The van der Waals surface area contributed by atoms with Crippen LogP contribution in [0.15, 0.2) is 119 Å². The van der Waals surface area contributed by atoms with E-state index in [9.17, 15) is 14.4 Å². The number of hydrogen-bond donors (Lipinski definition) is 3. The average molecular weight is 679 g/mol. The van der Waals surface area contributed by atoms with Crippen LogP contribution in [0, 0.1) is 0 Å². The van der Waals surface area contributed by atoms with E-state index in [0.717, 1.165) is 21.9 Å². The van der Waals surface area contributed by atoms with E-state index < -0.39 is 17.1 Å². The van der Waals surface area contributed by atoms with Gasteiger partial charge in [-0.1, -0.05) is 36.4 Å². The highest BCUT2D eigenvalue weighted by atomic mass is 32.2. The Morgan fingerprint density at radius 3 is 2.31 bits per heavy atom. The molecule has 0 aliphatic heterocycles. The number of rotatable bonds is 13. The number of nitrogens with zero attached hydrogens (tertiary/aromatic N) is 1. The first-order chi connectivity index (χ1) is 23.3. The predicted octanol–water partition coefficient (Wildman–Crippen LogP) is 7.75. The summed E-state index contributed by atoms with van der Waals surface area (Å²) in [5.41, 5.74) is 3.34. The summed E-state index contributed by atoms with van der Waals surface area (Å²) in [5.74, 6) is 0.253. The second-order valence-corrected chi connectivity index (χ2v) is 12.6. The Balaban J connectivity index is 1.22. The molecule has 0 spiro atoms. The fourth-order valence-corrected chi connectivity index (χ4v) is 6.08. The summed E-state index contributed by atoms with van der Waals surface area (Å²) in [6, 6.07) is 30.7. The number of carbonyl (C=O) groups is 3. The zero-order chi connectivity index (χ0) is 33.9. The predicted molar refractivity (Wildman–Crippen MR) is 193 cm³/mol. The first-order valence-corrected chi connectivity index (χ1v) is 16.9. The Labute approximate surface area is 287 Å². The molecule has 0 saturated carbocycles. The highest BCUT2D eigenvalue weighted by Crippen LogP contribution is 2.29. The normalized spacial score (nSPS) is 11.7. The van der Waals surface area contributed by atoms with Gasteiger partial charge in [-0.2, -0.15) is 0 Å². The summed E-state index contributed by atoms with van der Waals surface area (Å²) in [4.78, 5) is 44.9. The van der Waals surface area contributed by atoms with E-state index in [4.69, 9.17) is 9.47 Å². The smallest absolute Gasteiger partial charge is 0.272 e. The fraction of sp³-hybridized carbons (Fsp3) is 0.135. The minimum absolute atomic E-state index is 0.0529. The van der Waals surface area contributed by atoms with Crippen LogP contribution < -0.4 is 25.4 Å². The molecule has 1 heterocycles. The molecule has 0 saturated heterocycles. The molecule has 0 fully saturated rings. The van der Waals surface area contributed by atoms with E-state index in [2.05, 4.69) is 20.9 Å². The van der Waals surface area contributed by atoms with Gasteiger partial charge in [0.1, 0.15) is 17.2 Å². The Morgan fingerprint density at radius 2 is 1.60 bits per heavy atom. The van der Waals surface area contributed by atoms with E-state index >= 15 is 0 Å². The van der Waals surface area contributed by atoms with E-state index in [0.29, 0.717) is 34.3 Å². The molecule has 0 aliphatic carbocycles. The number of para-hydroxylation sites is 1. The molecule has 244 valence electrons. The van der Waals surface area contributed by atoms with E-state index in [1.165, 1.54) is 23.1 Å². The highest BCUT2D eigenvalue weighted by Gasteiger charge is 2.18. The number of benzene rings is 4. The standard InChI is InChI=1S/C37H34N4O5S2/c1-4-46-33-13-9-8-12-27(33)22-31(39-35(43)26-10-6-5-7-11-26)36(44)38-28-16-20-30(21-17-28)48-24(2)34(42)41-37-40-32(23-47-37)25-14-18-29(45-3)19-15-25/h5-24H,4H2,1-3H3,(H,38,44)(H,39,43)(H,40,41,42)/b31-22-. The van der Waals surface area contributed by atoms with Gasteiger partial charge < -0.3 is 25.4 Å². The summed E-state index contributed by atoms with van der Waals surface area (Å²) >= 11 is 2.74. The van der Waals surface area contributed by atoms with Gasteiger partial charge in [0.25, 0.3) is 11.8 Å². The lowest BCUT2D eigenvalue weighted by molar-refractivity contribution is -0.115. The summed E-state index contributed by atoms with van der Waals surface area (Å²) < 4.78 is 10.9. The van der Waals surface area contributed by atoms with Gasteiger partial charge >= 0.3 is 0 Å². The molecule has 1 unspecified atom stereocenters. The Hall–Kier alpha value is -5.39. The molecule has 5 aromatic rings. The van der Waals surface area contributed by atoms with Crippen molar-refractivity contribution in [2.24, 2.45) is 0 Å². The molecule has 5 rings (SSSR count). The highest BCUT2D eigenvalue weighted by molar-refractivity contribution is 8.00. The third-order valence-corrected chi connectivity index (χ3v) is 8.83. The molecule has 3 N–H and O–H groups in total. The topological polar surface area (TPSA) is 119 Å². The van der Waals surface area contributed by atoms with Crippen LogP contribution in [-0.2, 0) is 9.59 Å². The first-order valence-electron chi connectivity index (χ1n) is 15.1. The lowest BCUT2D eigenvalue weighted by atomic mass is 10.1. The first kappa shape index (κ1) is 34.0. The van der Waals surface area contributed by atoms with Gasteiger partial charge in [0.05, 0.1) is 24.7 Å². The second-order valence-electron chi connectivity index (χ2n) is 10.3. The third kappa shape index (κ3) is 9.11. The molecule has 0 radical (unpaired) electrons. The van der Waals surface area contributed by atoms with Gasteiger partial charge in [-0.15, -0.1) is 23.1 Å². The molecule has 1 aromatic heterocycles. The van der Waals surface area contributed by atoms with Gasteiger partial charge in [0, 0.05) is 32.7 Å². The van der Waals surface area contributed by atoms with Crippen molar-refractivity contribution in [3.05, 3.63) is 125 Å². The Kier molecular flexibility index (Phi) is 11.6. The zero-order valence-electron chi connectivity index (χ0n) is 26.6. The zero-order valence-corrected chi connectivity index (χ0v) is 28.2. The van der Waals surface area contributed by atoms with Gasteiger partial charge in [-0.3, -0.25) is 14.4 Å². The number of thioether (sulfide) groups is 1. The van der Waals surface area contributed by atoms with Gasteiger partial charge in [-0.05, 0) is 86.7 Å². The van der Waals surface area contributed by atoms with Crippen molar-refractivity contribution in [3.8, 4) is 22.8 Å². The van der Waals surface area contributed by atoms with Crippen LogP contribution in [0.25, 0.3) is 17.3 Å². The Bertz CT molecular complexity index is 1890. The molecule has 48 heavy (non-hydrogen) atoms. The monoisotopic (exact) mass is 678 g/mol. The number of hydrogen-bond acceptors (Lipinski definition) is 8. The lowest BCUT2D eigenvalue weighted by Crippen LogP contribution is -2.30. The van der Waals surface area contributed by atoms with Crippen molar-refractivity contribution < 1.29 is 23.9 Å². The van der Waals surface area contributed by atoms with Crippen LogP contribution in [0.4, 0.5) is 10.8 Å². The average Bonchev–Trinajstić information content (AvgIpc) is 3.58. The van der Waals surface area contributed by atoms with Crippen LogP contribution in [0.2, 0.25) is 0 Å². The van der Waals surface area contributed by atoms with Crippen molar-refractivity contribution in [2.75, 3.05) is 24.4 Å². The number of nitrogens with one attached hydrogen (secondary N) is 3. The lowest BCUT2D eigenvalue weighted by Gasteiger charge is -2.14. The molecular formula is C37H34N4O5S2. The number of methoxy groups -OCH3 is 1. The molecule has 11 heteroatoms. The summed E-state index contributed by atoms with van der Waals surface area (Å²) in [6.45, 7) is 4.14. The third-order valence-electron chi connectivity index (χ3n) is 6.96. The quantitative estimate of drug-likeness (QED) is 0.0861. The second kappa shape index (κ2) is 16.4. The molecule has 4 aromatic carbocycles. The van der Waals surface area contributed by atoms with Crippen LogP contribution in [-0.4, -0.2) is 41.7 Å². The number of aromatic nitrogens is 1. The van der Waals surface area contributed by atoms with Crippen LogP contribution in [0.3, 0.4) is 0 Å². The number of anilines is 2. The van der Waals surface area contributed by atoms with Crippen molar-refractivity contribution >= 4 is 57.7 Å². The van der Waals surface area contributed by atoms with Crippen LogP contribution in [0.5, 0.6) is 11.5 Å². The maximum absolute atomic E-state index is 13.5. The summed E-state index contributed by atoms with van der Waals surface area (Å²) in [7, 11) is 1.62. The van der Waals surface area contributed by atoms with Gasteiger partial charge in [0.15, 0.2) is 5.13 Å². The summed E-state index contributed by atoms with van der Waals surface area (Å²) in [6.07, 6.45) is 1.59.